The number of benzene rings is 2. The molecule has 0 bridgehead atoms. The van der Waals surface area contributed by atoms with Crippen molar-refractivity contribution in [3.05, 3.63) is 83.5 Å². The van der Waals surface area contributed by atoms with Crippen molar-refractivity contribution in [2.24, 2.45) is 0 Å². The molecule has 1 aliphatic rings. The first kappa shape index (κ1) is 22.2. The van der Waals surface area contributed by atoms with Crippen LogP contribution in [0.25, 0.3) is 11.1 Å². The molecule has 158 valence electrons. The Hall–Kier alpha value is -2.52. The van der Waals surface area contributed by atoms with Gasteiger partial charge in [-0.15, -0.1) is 0 Å². The van der Waals surface area contributed by atoms with Crippen molar-refractivity contribution in [2.45, 2.75) is 33.6 Å². The summed E-state index contributed by atoms with van der Waals surface area (Å²) in [6, 6.07) is 17.1. The minimum Gasteiger partial charge on any atom is -0.500 e. The molecule has 0 aromatic heterocycles. The highest BCUT2D eigenvalue weighted by Gasteiger charge is 2.17. The van der Waals surface area contributed by atoms with Crippen molar-refractivity contribution < 1.29 is 9.47 Å². The number of ether oxygens (including phenoxy) is 2. The van der Waals surface area contributed by atoms with E-state index in [1.54, 1.807) is 7.11 Å². The van der Waals surface area contributed by atoms with E-state index in [0.29, 0.717) is 6.61 Å². The van der Waals surface area contributed by atoms with Gasteiger partial charge in [0.1, 0.15) is 18.1 Å². The highest BCUT2D eigenvalue weighted by atomic mass is 16.5. The van der Waals surface area contributed by atoms with E-state index in [9.17, 15) is 0 Å². The second-order valence-electron chi connectivity index (χ2n) is 7.42. The molecule has 0 amide bonds. The van der Waals surface area contributed by atoms with Crippen LogP contribution in [0.4, 0.5) is 0 Å². The molecular formula is C27H33NO2. The first-order valence-corrected chi connectivity index (χ1v) is 11.0. The summed E-state index contributed by atoms with van der Waals surface area (Å²) in [5.74, 6) is 1.70. The van der Waals surface area contributed by atoms with E-state index in [-0.39, 0.29) is 0 Å². The SMILES string of the molecule is CCc1ccc(C2=CC(c3ccc(OCCN(CC)CC)cc3)=C(OC)[C]C2)cc1. The smallest absolute Gasteiger partial charge is 0.119 e. The van der Waals surface area contributed by atoms with E-state index in [2.05, 4.69) is 74.6 Å². The number of rotatable bonds is 10. The van der Waals surface area contributed by atoms with E-state index in [1.807, 2.05) is 12.1 Å². The topological polar surface area (TPSA) is 21.7 Å². The summed E-state index contributed by atoms with van der Waals surface area (Å²) in [5, 5.41) is 0. The molecule has 3 nitrogen and oxygen atoms in total. The van der Waals surface area contributed by atoms with Crippen LogP contribution in [0.1, 0.15) is 43.9 Å². The predicted octanol–water partition coefficient (Wildman–Crippen LogP) is 5.90. The summed E-state index contributed by atoms with van der Waals surface area (Å²) >= 11 is 0. The van der Waals surface area contributed by atoms with E-state index in [0.717, 1.165) is 55.1 Å². The van der Waals surface area contributed by atoms with Crippen molar-refractivity contribution in [3.8, 4) is 5.75 Å². The normalized spacial score (nSPS) is 14.1. The molecule has 30 heavy (non-hydrogen) atoms. The van der Waals surface area contributed by atoms with Crippen LogP contribution in [0.5, 0.6) is 5.75 Å². The number of methoxy groups -OCH3 is 1. The largest absolute Gasteiger partial charge is 0.500 e. The Morgan fingerprint density at radius 3 is 2.17 bits per heavy atom. The summed E-state index contributed by atoms with van der Waals surface area (Å²) < 4.78 is 11.5. The van der Waals surface area contributed by atoms with Crippen molar-refractivity contribution in [1.82, 2.24) is 4.90 Å². The van der Waals surface area contributed by atoms with E-state index >= 15 is 0 Å². The van der Waals surface area contributed by atoms with E-state index in [1.165, 1.54) is 16.7 Å². The van der Waals surface area contributed by atoms with Crippen LogP contribution in [-0.2, 0) is 11.2 Å². The molecule has 0 fully saturated rings. The van der Waals surface area contributed by atoms with Gasteiger partial charge in [0, 0.05) is 12.1 Å². The fourth-order valence-electron chi connectivity index (χ4n) is 3.66. The lowest BCUT2D eigenvalue weighted by molar-refractivity contribution is 0.223. The first-order chi connectivity index (χ1) is 14.7. The lowest BCUT2D eigenvalue weighted by atomic mass is 9.89. The summed E-state index contributed by atoms with van der Waals surface area (Å²) in [4.78, 5) is 2.36. The standard InChI is InChI=1S/C27H33NO2/c1-5-21-8-10-22(11-9-21)24-14-17-27(29-4)26(20-24)23-12-15-25(16-13-23)30-19-18-28(6-2)7-3/h8-13,15-16,20H,5-7,14,18-19H2,1-4H3. The van der Waals surface area contributed by atoms with Crippen LogP contribution in [0, 0.1) is 6.42 Å². The number of hydrogen-bond donors (Lipinski definition) is 0. The quantitative estimate of drug-likeness (QED) is 0.493. The molecule has 1 aliphatic carbocycles. The Morgan fingerprint density at radius 1 is 0.900 bits per heavy atom. The van der Waals surface area contributed by atoms with Gasteiger partial charge in [-0.05, 0) is 66.4 Å². The summed E-state index contributed by atoms with van der Waals surface area (Å²) in [6.07, 6.45) is 7.46. The summed E-state index contributed by atoms with van der Waals surface area (Å²) in [7, 11) is 1.71. The summed E-state index contributed by atoms with van der Waals surface area (Å²) in [6.45, 7) is 10.3. The van der Waals surface area contributed by atoms with Crippen molar-refractivity contribution in [3.63, 3.8) is 0 Å². The Balaban J connectivity index is 1.74. The first-order valence-electron chi connectivity index (χ1n) is 11.0. The molecule has 3 heteroatoms. The van der Waals surface area contributed by atoms with Crippen LogP contribution < -0.4 is 4.74 Å². The highest BCUT2D eigenvalue weighted by molar-refractivity contribution is 5.88. The van der Waals surface area contributed by atoms with Crippen LogP contribution >= 0.6 is 0 Å². The van der Waals surface area contributed by atoms with Gasteiger partial charge in [0.2, 0.25) is 0 Å². The van der Waals surface area contributed by atoms with Gasteiger partial charge in [0.25, 0.3) is 0 Å². The maximum absolute atomic E-state index is 5.93. The fraction of sp³-hybridized carbons (Fsp3) is 0.370. The molecule has 2 aromatic rings. The van der Waals surface area contributed by atoms with Gasteiger partial charge in [-0.2, -0.15) is 0 Å². The second-order valence-corrected chi connectivity index (χ2v) is 7.42. The van der Waals surface area contributed by atoms with Crippen LogP contribution in [0.15, 0.2) is 60.4 Å². The molecule has 3 rings (SSSR count). The number of likely N-dealkylation sites (N-methyl/N-ethyl adjacent to an activating group) is 1. The third kappa shape index (κ3) is 5.54. The fourth-order valence-corrected chi connectivity index (χ4v) is 3.66. The van der Waals surface area contributed by atoms with Gasteiger partial charge >= 0.3 is 0 Å². The number of allylic oxidation sites excluding steroid dienone is 4. The van der Waals surface area contributed by atoms with Crippen LogP contribution in [-0.4, -0.2) is 38.3 Å². The minimum atomic E-state index is 0.701. The molecule has 0 spiro atoms. The summed E-state index contributed by atoms with van der Waals surface area (Å²) in [5.41, 5.74) is 6.02. The average molecular weight is 404 g/mol. The lowest BCUT2D eigenvalue weighted by Crippen LogP contribution is -2.27. The molecule has 2 radical (unpaired) electrons. The van der Waals surface area contributed by atoms with E-state index in [4.69, 9.17) is 9.47 Å². The second kappa shape index (κ2) is 11.0. The van der Waals surface area contributed by atoms with Gasteiger partial charge in [-0.1, -0.05) is 57.2 Å². The molecular weight excluding hydrogens is 370 g/mol. The molecule has 0 unspecified atom stereocenters. The Labute approximate surface area is 182 Å². The minimum absolute atomic E-state index is 0.701. The third-order valence-electron chi connectivity index (χ3n) is 5.68. The van der Waals surface area contributed by atoms with Gasteiger partial charge in [0.05, 0.1) is 13.5 Å². The average Bonchev–Trinajstić information content (AvgIpc) is 2.82. The number of hydrogen-bond acceptors (Lipinski definition) is 3. The van der Waals surface area contributed by atoms with E-state index < -0.39 is 0 Å². The van der Waals surface area contributed by atoms with Crippen molar-refractivity contribution in [1.29, 1.82) is 0 Å². The number of nitrogens with zero attached hydrogens (tertiary/aromatic N) is 1. The van der Waals surface area contributed by atoms with Crippen LogP contribution in [0.2, 0.25) is 0 Å². The molecule has 0 saturated carbocycles. The van der Waals surface area contributed by atoms with Crippen molar-refractivity contribution in [2.75, 3.05) is 33.4 Å². The third-order valence-corrected chi connectivity index (χ3v) is 5.68. The molecule has 0 N–H and O–H groups in total. The van der Waals surface area contributed by atoms with Gasteiger partial charge in [0.15, 0.2) is 0 Å². The zero-order chi connectivity index (χ0) is 21.3. The predicted molar refractivity (Wildman–Crippen MR) is 125 cm³/mol. The monoisotopic (exact) mass is 403 g/mol. The van der Waals surface area contributed by atoms with Crippen molar-refractivity contribution >= 4 is 11.1 Å². The Morgan fingerprint density at radius 2 is 1.57 bits per heavy atom. The zero-order valence-electron chi connectivity index (χ0n) is 18.7. The Bertz CT molecular complexity index is 859. The molecule has 2 aromatic carbocycles. The molecule has 0 heterocycles. The van der Waals surface area contributed by atoms with Gasteiger partial charge in [-0.25, -0.2) is 0 Å². The maximum atomic E-state index is 5.93. The maximum Gasteiger partial charge on any atom is 0.119 e. The lowest BCUT2D eigenvalue weighted by Gasteiger charge is -2.20. The van der Waals surface area contributed by atoms with Crippen LogP contribution in [0.3, 0.4) is 0 Å². The zero-order valence-corrected chi connectivity index (χ0v) is 18.7. The Kier molecular flexibility index (Phi) is 8.15. The highest BCUT2D eigenvalue weighted by Crippen LogP contribution is 2.35. The number of aryl methyl sites for hydroxylation is 1. The molecule has 0 saturated heterocycles. The van der Waals surface area contributed by atoms with Gasteiger partial charge < -0.3 is 14.4 Å². The molecule has 0 atom stereocenters. The van der Waals surface area contributed by atoms with Gasteiger partial charge in [-0.3, -0.25) is 0 Å². The molecule has 0 aliphatic heterocycles.